The average Bonchev–Trinajstić information content (AvgIpc) is 2.72. The van der Waals surface area contributed by atoms with E-state index in [1.165, 1.54) is 10.9 Å². The summed E-state index contributed by atoms with van der Waals surface area (Å²) in [6.07, 6.45) is 1.46. The molecule has 1 aliphatic heterocycles. The highest BCUT2D eigenvalue weighted by Crippen LogP contribution is 2.16. The van der Waals surface area contributed by atoms with Crippen LogP contribution in [0.3, 0.4) is 0 Å². The first-order valence-corrected chi connectivity index (χ1v) is 6.45. The Balaban J connectivity index is 2.19. The molecule has 1 saturated heterocycles. The van der Waals surface area contributed by atoms with Crippen molar-refractivity contribution < 1.29 is 13.2 Å². The molecule has 0 aliphatic carbocycles. The van der Waals surface area contributed by atoms with Crippen LogP contribution in [0.25, 0.3) is 0 Å². The van der Waals surface area contributed by atoms with Gasteiger partial charge in [-0.15, -0.1) is 0 Å². The Bertz CT molecular complexity index is 550. The second-order valence-electron chi connectivity index (χ2n) is 3.88. The number of rotatable bonds is 3. The van der Waals surface area contributed by atoms with E-state index < -0.39 is 16.1 Å². The van der Waals surface area contributed by atoms with Gasteiger partial charge in [0, 0.05) is 32.3 Å². The molecule has 4 N–H and O–H groups in total. The molecule has 1 aromatic heterocycles. The Kier molecular flexibility index (Phi) is 2.79. The van der Waals surface area contributed by atoms with Crippen molar-refractivity contribution in [3.63, 3.8) is 0 Å². The maximum atomic E-state index is 11.9. The molecule has 94 valence electrons. The number of carbonyl (C=O) groups excluding carboxylic acids is 1. The van der Waals surface area contributed by atoms with Crippen molar-refractivity contribution in [1.29, 1.82) is 0 Å². The quantitative estimate of drug-likeness (QED) is 0.590. The lowest BCUT2D eigenvalue weighted by atomic mass is 10.3. The standard InChI is InChI=1S/C8H13N5O3S/c1-13-4-6(8(9)11-13)17(15,16)12-5-2-7(14)10-3-5/h4-5,12H,2-3H2,1H3,(H2,9,11)(H,10,14). The van der Waals surface area contributed by atoms with Gasteiger partial charge in [0.15, 0.2) is 5.82 Å². The van der Waals surface area contributed by atoms with Crippen LogP contribution in [0, 0.1) is 0 Å². The van der Waals surface area contributed by atoms with E-state index in [1.807, 2.05) is 0 Å². The minimum atomic E-state index is -3.73. The number of anilines is 1. The Labute approximate surface area is 98.2 Å². The molecule has 0 radical (unpaired) electrons. The molecule has 0 saturated carbocycles. The topological polar surface area (TPSA) is 119 Å². The molecule has 1 aromatic rings. The summed E-state index contributed by atoms with van der Waals surface area (Å²) in [5.74, 6) is -0.228. The van der Waals surface area contributed by atoms with Gasteiger partial charge in [-0.2, -0.15) is 5.10 Å². The first-order chi connectivity index (χ1) is 7.88. The number of aryl methyl sites for hydroxylation is 1. The molecule has 17 heavy (non-hydrogen) atoms. The lowest BCUT2D eigenvalue weighted by Gasteiger charge is -2.09. The largest absolute Gasteiger partial charge is 0.381 e. The minimum absolute atomic E-state index is 0.0581. The third kappa shape index (κ3) is 2.39. The number of nitrogens with one attached hydrogen (secondary N) is 2. The molecule has 8 nitrogen and oxygen atoms in total. The lowest BCUT2D eigenvalue weighted by Crippen LogP contribution is -2.36. The Morgan fingerprint density at radius 2 is 2.35 bits per heavy atom. The first-order valence-electron chi connectivity index (χ1n) is 4.96. The number of nitrogens with two attached hydrogens (primary N) is 1. The van der Waals surface area contributed by atoms with Gasteiger partial charge in [-0.3, -0.25) is 9.48 Å². The molecule has 0 aromatic carbocycles. The molecule has 1 fully saturated rings. The van der Waals surface area contributed by atoms with E-state index in [2.05, 4.69) is 15.1 Å². The zero-order valence-electron chi connectivity index (χ0n) is 9.17. The number of nitrogens with zero attached hydrogens (tertiary/aromatic N) is 2. The molecule has 1 aliphatic rings. The third-order valence-electron chi connectivity index (χ3n) is 2.41. The van der Waals surface area contributed by atoms with E-state index in [0.29, 0.717) is 0 Å². The molecule has 0 spiro atoms. The first kappa shape index (κ1) is 11.9. The van der Waals surface area contributed by atoms with E-state index >= 15 is 0 Å². The fourth-order valence-corrected chi connectivity index (χ4v) is 3.00. The molecule has 1 unspecified atom stereocenters. The molecule has 1 amide bonds. The molecular formula is C8H13N5O3S. The highest BCUT2D eigenvalue weighted by atomic mass is 32.2. The monoisotopic (exact) mass is 259 g/mol. The minimum Gasteiger partial charge on any atom is -0.381 e. The van der Waals surface area contributed by atoms with Gasteiger partial charge in [0.2, 0.25) is 15.9 Å². The van der Waals surface area contributed by atoms with Crippen LogP contribution in [0.5, 0.6) is 0 Å². The van der Waals surface area contributed by atoms with Gasteiger partial charge in [0.1, 0.15) is 4.90 Å². The lowest BCUT2D eigenvalue weighted by molar-refractivity contribution is -0.119. The van der Waals surface area contributed by atoms with E-state index in [0.717, 1.165) is 0 Å². The summed E-state index contributed by atoms with van der Waals surface area (Å²) in [5, 5.41) is 6.31. The van der Waals surface area contributed by atoms with E-state index in [1.54, 1.807) is 7.05 Å². The van der Waals surface area contributed by atoms with Crippen LogP contribution in [0.2, 0.25) is 0 Å². The number of carbonyl (C=O) groups is 1. The van der Waals surface area contributed by atoms with E-state index in [4.69, 9.17) is 5.73 Å². The smallest absolute Gasteiger partial charge is 0.246 e. The van der Waals surface area contributed by atoms with Crippen LogP contribution in [0.1, 0.15) is 6.42 Å². The van der Waals surface area contributed by atoms with E-state index in [-0.39, 0.29) is 29.6 Å². The van der Waals surface area contributed by atoms with Crippen LogP contribution >= 0.6 is 0 Å². The van der Waals surface area contributed by atoms with Crippen molar-refractivity contribution in [3.8, 4) is 0 Å². The van der Waals surface area contributed by atoms with Gasteiger partial charge < -0.3 is 11.1 Å². The van der Waals surface area contributed by atoms with Crippen LogP contribution < -0.4 is 15.8 Å². The maximum Gasteiger partial charge on any atom is 0.246 e. The highest BCUT2D eigenvalue weighted by molar-refractivity contribution is 7.89. The summed E-state index contributed by atoms with van der Waals surface area (Å²) in [5.41, 5.74) is 5.50. The zero-order valence-corrected chi connectivity index (χ0v) is 9.99. The highest BCUT2D eigenvalue weighted by Gasteiger charge is 2.28. The number of amides is 1. The van der Waals surface area contributed by atoms with Crippen molar-refractivity contribution in [3.05, 3.63) is 6.20 Å². The number of hydrogen-bond donors (Lipinski definition) is 3. The van der Waals surface area contributed by atoms with Crippen molar-refractivity contribution in [1.82, 2.24) is 19.8 Å². The van der Waals surface area contributed by atoms with Crippen molar-refractivity contribution in [2.45, 2.75) is 17.4 Å². The number of hydrogen-bond acceptors (Lipinski definition) is 5. The fraction of sp³-hybridized carbons (Fsp3) is 0.500. The number of aromatic nitrogens is 2. The third-order valence-corrected chi connectivity index (χ3v) is 3.95. The molecule has 2 heterocycles. The maximum absolute atomic E-state index is 11.9. The van der Waals surface area contributed by atoms with Gasteiger partial charge in [-0.1, -0.05) is 0 Å². The second kappa shape index (κ2) is 4.00. The number of sulfonamides is 1. The van der Waals surface area contributed by atoms with Gasteiger partial charge in [0.25, 0.3) is 0 Å². The molecule has 2 rings (SSSR count). The SMILES string of the molecule is Cn1cc(S(=O)(=O)NC2CNC(=O)C2)c(N)n1. The van der Waals surface area contributed by atoms with E-state index in [9.17, 15) is 13.2 Å². The predicted octanol–water partition coefficient (Wildman–Crippen LogP) is -1.83. The predicted molar refractivity (Wildman–Crippen MR) is 59.4 cm³/mol. The van der Waals surface area contributed by atoms with Crippen molar-refractivity contribution in [2.24, 2.45) is 7.05 Å². The average molecular weight is 259 g/mol. The number of nitrogen functional groups attached to an aromatic ring is 1. The van der Waals surface area contributed by atoms with Gasteiger partial charge >= 0.3 is 0 Å². The van der Waals surface area contributed by atoms with Gasteiger partial charge in [-0.05, 0) is 0 Å². The summed E-state index contributed by atoms with van der Waals surface area (Å²) in [4.78, 5) is 10.9. The van der Waals surface area contributed by atoms with Crippen molar-refractivity contribution in [2.75, 3.05) is 12.3 Å². The zero-order chi connectivity index (χ0) is 12.6. The Morgan fingerprint density at radius 1 is 1.65 bits per heavy atom. The van der Waals surface area contributed by atoms with Crippen molar-refractivity contribution >= 4 is 21.7 Å². The fourth-order valence-electron chi connectivity index (χ4n) is 1.66. The van der Waals surface area contributed by atoms with Crippen LogP contribution in [-0.2, 0) is 21.9 Å². The summed E-state index contributed by atoms with van der Waals surface area (Å²) < 4.78 is 27.6. The molecule has 1 atom stereocenters. The summed E-state index contributed by atoms with van der Waals surface area (Å²) >= 11 is 0. The Hall–Kier alpha value is -1.61. The van der Waals surface area contributed by atoms with Gasteiger partial charge in [0.05, 0.1) is 0 Å². The molecule has 9 heteroatoms. The summed E-state index contributed by atoms with van der Waals surface area (Å²) in [6, 6.07) is -0.438. The van der Waals surface area contributed by atoms with Gasteiger partial charge in [-0.25, -0.2) is 13.1 Å². The normalized spacial score (nSPS) is 20.5. The van der Waals surface area contributed by atoms with Crippen LogP contribution in [0.15, 0.2) is 11.1 Å². The second-order valence-corrected chi connectivity index (χ2v) is 5.56. The summed E-state index contributed by atoms with van der Waals surface area (Å²) in [7, 11) is -2.15. The molecular weight excluding hydrogens is 246 g/mol. The van der Waals surface area contributed by atoms with Crippen LogP contribution in [0.4, 0.5) is 5.82 Å². The van der Waals surface area contributed by atoms with Crippen LogP contribution in [-0.4, -0.2) is 36.7 Å². The summed E-state index contributed by atoms with van der Waals surface area (Å²) in [6.45, 7) is 0.290. The molecule has 0 bridgehead atoms. The Morgan fingerprint density at radius 3 is 2.82 bits per heavy atom.